The maximum Gasteiger partial charge on any atom is 0.416 e. The second-order valence-corrected chi connectivity index (χ2v) is 4.94. The SMILES string of the molecule is CCN(CC)C(=Cc1cccc(C(F)(F)F)c1)C(=O)CBr. The van der Waals surface area contributed by atoms with Gasteiger partial charge in [-0.25, -0.2) is 0 Å². The van der Waals surface area contributed by atoms with Crippen molar-refractivity contribution >= 4 is 27.8 Å². The van der Waals surface area contributed by atoms with E-state index < -0.39 is 11.7 Å². The summed E-state index contributed by atoms with van der Waals surface area (Å²) >= 11 is 3.10. The molecule has 0 saturated carbocycles. The van der Waals surface area contributed by atoms with Gasteiger partial charge in [0.05, 0.1) is 16.6 Å². The number of carbonyl (C=O) groups excluding carboxylic acids is 1. The third-order valence-electron chi connectivity index (χ3n) is 3.03. The molecule has 1 aromatic rings. The number of halogens is 4. The van der Waals surface area contributed by atoms with E-state index in [1.807, 2.05) is 18.7 Å². The average molecular weight is 364 g/mol. The van der Waals surface area contributed by atoms with Crippen molar-refractivity contribution in [1.82, 2.24) is 4.90 Å². The van der Waals surface area contributed by atoms with E-state index in [1.54, 1.807) is 6.07 Å². The molecule has 21 heavy (non-hydrogen) atoms. The van der Waals surface area contributed by atoms with Crippen LogP contribution in [0.2, 0.25) is 0 Å². The van der Waals surface area contributed by atoms with E-state index in [1.165, 1.54) is 12.1 Å². The lowest BCUT2D eigenvalue weighted by atomic mass is 10.1. The van der Waals surface area contributed by atoms with E-state index in [9.17, 15) is 18.0 Å². The molecule has 0 atom stereocenters. The first-order chi connectivity index (χ1) is 9.83. The highest BCUT2D eigenvalue weighted by molar-refractivity contribution is 9.09. The number of alkyl halides is 4. The number of rotatable bonds is 6. The Hall–Kier alpha value is -1.30. The Balaban J connectivity index is 3.25. The summed E-state index contributed by atoms with van der Waals surface area (Å²) in [5.74, 6) is -0.156. The molecule has 2 nitrogen and oxygen atoms in total. The molecule has 0 saturated heterocycles. The number of benzene rings is 1. The normalized spacial score (nSPS) is 12.4. The van der Waals surface area contributed by atoms with Gasteiger partial charge < -0.3 is 4.90 Å². The van der Waals surface area contributed by atoms with Gasteiger partial charge in [-0.05, 0) is 37.6 Å². The summed E-state index contributed by atoms with van der Waals surface area (Å²) in [6.45, 7) is 5.01. The maximum atomic E-state index is 12.7. The predicted octanol–water partition coefficient (Wildman–Crippen LogP) is 4.35. The average Bonchev–Trinajstić information content (AvgIpc) is 2.46. The van der Waals surface area contributed by atoms with Crippen LogP contribution in [-0.4, -0.2) is 29.1 Å². The first-order valence-corrected chi connectivity index (χ1v) is 7.68. The van der Waals surface area contributed by atoms with Crippen molar-refractivity contribution in [2.75, 3.05) is 18.4 Å². The Morgan fingerprint density at radius 3 is 2.38 bits per heavy atom. The van der Waals surface area contributed by atoms with Crippen LogP contribution in [-0.2, 0) is 11.0 Å². The Labute approximate surface area is 130 Å². The van der Waals surface area contributed by atoms with Crippen molar-refractivity contribution in [3.63, 3.8) is 0 Å². The summed E-state index contributed by atoms with van der Waals surface area (Å²) in [6.07, 6.45) is -2.88. The zero-order chi connectivity index (χ0) is 16.0. The van der Waals surface area contributed by atoms with Crippen molar-refractivity contribution in [3.05, 3.63) is 41.1 Å². The summed E-state index contributed by atoms with van der Waals surface area (Å²) in [5.41, 5.74) is 0.0543. The second kappa shape index (κ2) is 7.64. The molecule has 0 heterocycles. The Morgan fingerprint density at radius 2 is 1.90 bits per heavy atom. The molecule has 0 radical (unpaired) electrons. The van der Waals surface area contributed by atoms with Crippen LogP contribution in [0.4, 0.5) is 13.2 Å². The highest BCUT2D eigenvalue weighted by Gasteiger charge is 2.30. The van der Waals surface area contributed by atoms with E-state index >= 15 is 0 Å². The zero-order valence-corrected chi connectivity index (χ0v) is 13.5. The Morgan fingerprint density at radius 1 is 1.29 bits per heavy atom. The molecule has 0 spiro atoms. The number of carbonyl (C=O) groups is 1. The van der Waals surface area contributed by atoms with E-state index in [-0.39, 0.29) is 11.1 Å². The van der Waals surface area contributed by atoms with Crippen LogP contribution in [0.3, 0.4) is 0 Å². The summed E-state index contributed by atoms with van der Waals surface area (Å²) in [6, 6.07) is 4.96. The smallest absolute Gasteiger partial charge is 0.369 e. The van der Waals surface area contributed by atoms with Gasteiger partial charge in [0, 0.05) is 13.1 Å². The lowest BCUT2D eigenvalue weighted by Crippen LogP contribution is -2.27. The molecule has 116 valence electrons. The quantitative estimate of drug-likeness (QED) is 0.553. The van der Waals surface area contributed by atoms with E-state index in [2.05, 4.69) is 15.9 Å². The Bertz CT molecular complexity index is 522. The van der Waals surface area contributed by atoms with Crippen molar-refractivity contribution in [2.24, 2.45) is 0 Å². The lowest BCUT2D eigenvalue weighted by Gasteiger charge is -2.23. The van der Waals surface area contributed by atoms with Crippen LogP contribution < -0.4 is 0 Å². The molecule has 0 amide bonds. The van der Waals surface area contributed by atoms with E-state index in [4.69, 9.17) is 0 Å². The van der Waals surface area contributed by atoms with Crippen molar-refractivity contribution in [1.29, 1.82) is 0 Å². The van der Waals surface area contributed by atoms with Crippen molar-refractivity contribution in [2.45, 2.75) is 20.0 Å². The fraction of sp³-hybridized carbons (Fsp3) is 0.400. The van der Waals surface area contributed by atoms with Gasteiger partial charge >= 0.3 is 6.18 Å². The van der Waals surface area contributed by atoms with Crippen LogP contribution in [0.25, 0.3) is 6.08 Å². The van der Waals surface area contributed by atoms with Gasteiger partial charge in [0.2, 0.25) is 0 Å². The molecule has 0 N–H and O–H groups in total. The van der Waals surface area contributed by atoms with Gasteiger partial charge in [0.15, 0.2) is 5.78 Å². The number of nitrogens with zero attached hydrogens (tertiary/aromatic N) is 1. The molecule has 0 aliphatic rings. The van der Waals surface area contributed by atoms with Crippen LogP contribution in [0, 0.1) is 0 Å². The topological polar surface area (TPSA) is 20.3 Å². The molecule has 1 aromatic carbocycles. The zero-order valence-electron chi connectivity index (χ0n) is 11.9. The molecular formula is C15H17BrF3NO. The molecule has 1 rings (SSSR count). The number of Topliss-reactive ketones (excluding diaryl/α,β-unsaturated/α-hetero) is 1. The summed E-state index contributed by atoms with van der Waals surface area (Å²) in [4.78, 5) is 13.8. The standard InChI is InChI=1S/C15H17BrF3NO/c1-3-20(4-2)13(14(21)10-16)9-11-6-5-7-12(8-11)15(17,18)19/h5-9H,3-4,10H2,1-2H3. The minimum absolute atomic E-state index is 0.133. The highest BCUT2D eigenvalue weighted by Crippen LogP contribution is 2.30. The predicted molar refractivity (Wildman–Crippen MR) is 81.1 cm³/mol. The molecule has 0 unspecified atom stereocenters. The van der Waals surface area contributed by atoms with Gasteiger partial charge in [-0.1, -0.05) is 28.1 Å². The van der Waals surface area contributed by atoms with Gasteiger partial charge in [0.25, 0.3) is 0 Å². The van der Waals surface area contributed by atoms with Crippen LogP contribution in [0.5, 0.6) is 0 Å². The largest absolute Gasteiger partial charge is 0.416 e. The molecule has 0 aromatic heterocycles. The van der Waals surface area contributed by atoms with Gasteiger partial charge in [0.1, 0.15) is 0 Å². The maximum absolute atomic E-state index is 12.7. The van der Waals surface area contributed by atoms with Crippen LogP contribution in [0.15, 0.2) is 30.0 Å². The third kappa shape index (κ3) is 4.88. The summed E-state index contributed by atoms with van der Waals surface area (Å²) in [7, 11) is 0. The third-order valence-corrected chi connectivity index (χ3v) is 3.54. The van der Waals surface area contributed by atoms with Gasteiger partial charge in [-0.3, -0.25) is 4.79 Å². The van der Waals surface area contributed by atoms with Crippen molar-refractivity contribution in [3.8, 4) is 0 Å². The molecular weight excluding hydrogens is 347 g/mol. The fourth-order valence-electron chi connectivity index (χ4n) is 1.94. The molecule has 6 heteroatoms. The summed E-state index contributed by atoms with van der Waals surface area (Å²) < 4.78 is 38.1. The number of likely N-dealkylation sites (N-methyl/N-ethyl adjacent to an activating group) is 1. The monoisotopic (exact) mass is 363 g/mol. The molecule has 0 fully saturated rings. The molecule has 0 aliphatic carbocycles. The minimum atomic E-state index is -4.39. The lowest BCUT2D eigenvalue weighted by molar-refractivity contribution is -0.137. The molecule has 0 aliphatic heterocycles. The first kappa shape index (κ1) is 17.8. The summed E-state index contributed by atoms with van der Waals surface area (Å²) in [5, 5.41) is 0.133. The van der Waals surface area contributed by atoms with Gasteiger partial charge in [-0.15, -0.1) is 0 Å². The first-order valence-electron chi connectivity index (χ1n) is 6.56. The molecule has 0 bridgehead atoms. The van der Waals surface area contributed by atoms with Gasteiger partial charge in [-0.2, -0.15) is 13.2 Å². The van der Waals surface area contributed by atoms with Crippen LogP contribution in [0.1, 0.15) is 25.0 Å². The minimum Gasteiger partial charge on any atom is -0.369 e. The number of allylic oxidation sites excluding steroid dienone is 1. The van der Waals surface area contributed by atoms with Crippen molar-refractivity contribution < 1.29 is 18.0 Å². The number of ketones is 1. The fourth-order valence-corrected chi connectivity index (χ4v) is 2.23. The van der Waals surface area contributed by atoms with E-state index in [0.29, 0.717) is 24.4 Å². The second-order valence-electron chi connectivity index (χ2n) is 4.38. The van der Waals surface area contributed by atoms with Crippen LogP contribution >= 0.6 is 15.9 Å². The number of hydrogen-bond acceptors (Lipinski definition) is 2. The van der Waals surface area contributed by atoms with E-state index in [0.717, 1.165) is 12.1 Å². The highest BCUT2D eigenvalue weighted by atomic mass is 79.9. The number of hydrogen-bond donors (Lipinski definition) is 0. The Kier molecular flexibility index (Phi) is 6.45.